The molecule has 0 unspecified atom stereocenters. The van der Waals surface area contributed by atoms with Crippen LogP contribution < -0.4 is 10.1 Å². The molecule has 0 radical (unpaired) electrons. The number of carbonyl (C=O) groups excluding carboxylic acids is 1. The first-order chi connectivity index (χ1) is 19.0. The highest BCUT2D eigenvalue weighted by molar-refractivity contribution is 5.90. The molecular weight excluding hydrogens is 525 g/mol. The van der Waals surface area contributed by atoms with Crippen LogP contribution in [0.2, 0.25) is 0 Å². The van der Waals surface area contributed by atoms with Crippen LogP contribution in [0.15, 0.2) is 53.1 Å². The van der Waals surface area contributed by atoms with E-state index < -0.39 is 23.3 Å². The number of halogens is 3. The van der Waals surface area contributed by atoms with E-state index in [0.29, 0.717) is 42.2 Å². The first kappa shape index (κ1) is 28.1. The lowest BCUT2D eigenvalue weighted by atomic mass is 9.62. The molecule has 2 aromatic carbocycles. The van der Waals surface area contributed by atoms with Crippen molar-refractivity contribution in [3.05, 3.63) is 65.5 Å². The molecule has 214 valence electrons. The Bertz CT molecular complexity index is 1330. The van der Waals surface area contributed by atoms with Crippen molar-refractivity contribution in [2.45, 2.75) is 51.0 Å². The van der Waals surface area contributed by atoms with Gasteiger partial charge in [0, 0.05) is 30.6 Å². The SMILES string of the molecule is CN1CC(C)([C@](O)(c2ccc(OC(F)(F)F)cc2)c2cccc(-c3nc(C(=O)NCC4CCCCC4)no3)c2)C1. The van der Waals surface area contributed by atoms with Crippen molar-refractivity contribution in [3.8, 4) is 17.2 Å². The van der Waals surface area contributed by atoms with Gasteiger partial charge in [-0.2, -0.15) is 4.98 Å². The minimum absolute atomic E-state index is 0.0701. The molecule has 11 heteroatoms. The fourth-order valence-electron chi connectivity index (χ4n) is 6.15. The highest BCUT2D eigenvalue weighted by Gasteiger charge is 2.55. The van der Waals surface area contributed by atoms with Crippen LogP contribution in [0, 0.1) is 11.3 Å². The standard InChI is InChI=1S/C29H33F3N4O4/c1-27(17-36(2)18-27)28(38,21-11-13-23(14-12-21)39-29(30,31)32)22-10-6-9-20(15-22)26-34-24(35-40-26)25(37)33-16-19-7-4-3-5-8-19/h6,9-15,19,38H,3-5,7-8,16-18H2,1-2H3,(H,33,37)/t28-/m0/s1. The molecule has 1 aromatic heterocycles. The van der Waals surface area contributed by atoms with Crippen LogP contribution in [-0.2, 0) is 5.60 Å². The summed E-state index contributed by atoms with van der Waals surface area (Å²) in [6, 6.07) is 12.2. The number of rotatable bonds is 8. The zero-order valence-corrected chi connectivity index (χ0v) is 22.5. The molecule has 1 saturated heterocycles. The smallest absolute Gasteiger partial charge is 0.406 e. The Morgan fingerprint density at radius 2 is 1.82 bits per heavy atom. The number of hydrogen-bond donors (Lipinski definition) is 2. The Morgan fingerprint density at radius 1 is 1.12 bits per heavy atom. The third kappa shape index (κ3) is 5.71. The molecule has 2 heterocycles. The Labute approximate surface area is 230 Å². The van der Waals surface area contributed by atoms with Crippen LogP contribution in [0.25, 0.3) is 11.5 Å². The van der Waals surface area contributed by atoms with Crippen molar-refractivity contribution in [2.75, 3.05) is 26.7 Å². The Kier molecular flexibility index (Phi) is 7.62. The molecule has 1 saturated carbocycles. The summed E-state index contributed by atoms with van der Waals surface area (Å²) in [5, 5.41) is 19.1. The highest BCUT2D eigenvalue weighted by Crippen LogP contribution is 2.50. The first-order valence-electron chi connectivity index (χ1n) is 13.5. The summed E-state index contributed by atoms with van der Waals surface area (Å²) >= 11 is 0. The second kappa shape index (κ2) is 10.9. The molecule has 2 N–H and O–H groups in total. The number of ether oxygens (including phenoxy) is 1. The van der Waals surface area contributed by atoms with E-state index in [1.54, 1.807) is 24.3 Å². The van der Waals surface area contributed by atoms with E-state index in [9.17, 15) is 23.1 Å². The van der Waals surface area contributed by atoms with E-state index in [1.807, 2.05) is 18.9 Å². The van der Waals surface area contributed by atoms with Crippen molar-refractivity contribution in [2.24, 2.45) is 11.3 Å². The van der Waals surface area contributed by atoms with Gasteiger partial charge in [-0.1, -0.05) is 55.6 Å². The number of likely N-dealkylation sites (tertiary alicyclic amines) is 1. The van der Waals surface area contributed by atoms with Gasteiger partial charge in [-0.3, -0.25) is 4.79 Å². The van der Waals surface area contributed by atoms with Crippen LogP contribution in [0.1, 0.15) is 60.8 Å². The number of nitrogens with one attached hydrogen (secondary N) is 1. The summed E-state index contributed by atoms with van der Waals surface area (Å²) in [5.41, 5.74) is -0.782. The summed E-state index contributed by atoms with van der Waals surface area (Å²) in [5.74, 6) is -0.265. The molecule has 2 aliphatic rings. The molecule has 1 amide bonds. The molecule has 40 heavy (non-hydrogen) atoms. The quantitative estimate of drug-likeness (QED) is 0.395. The van der Waals surface area contributed by atoms with Crippen LogP contribution in [0.3, 0.4) is 0 Å². The maximum atomic E-state index is 12.7. The molecule has 2 fully saturated rings. The van der Waals surface area contributed by atoms with Gasteiger partial charge in [-0.05, 0) is 61.2 Å². The second-order valence-corrected chi connectivity index (χ2v) is 11.2. The second-order valence-electron chi connectivity index (χ2n) is 11.2. The lowest BCUT2D eigenvalue weighted by molar-refractivity contribution is -0.274. The summed E-state index contributed by atoms with van der Waals surface area (Å²) in [4.78, 5) is 19.0. The van der Waals surface area contributed by atoms with Crippen LogP contribution >= 0.6 is 0 Å². The number of amides is 1. The number of hydrogen-bond acceptors (Lipinski definition) is 7. The molecule has 0 bridgehead atoms. The van der Waals surface area contributed by atoms with Gasteiger partial charge < -0.3 is 24.6 Å². The molecule has 8 nitrogen and oxygen atoms in total. The summed E-state index contributed by atoms with van der Waals surface area (Å²) in [7, 11) is 1.93. The molecule has 1 aliphatic heterocycles. The maximum absolute atomic E-state index is 12.7. The summed E-state index contributed by atoms with van der Waals surface area (Å²) < 4.78 is 47.5. The third-order valence-corrected chi connectivity index (χ3v) is 8.05. The van der Waals surface area contributed by atoms with Gasteiger partial charge in [0.05, 0.1) is 0 Å². The van der Waals surface area contributed by atoms with Crippen molar-refractivity contribution in [1.29, 1.82) is 0 Å². The van der Waals surface area contributed by atoms with E-state index in [-0.39, 0.29) is 17.5 Å². The lowest BCUT2D eigenvalue weighted by Crippen LogP contribution is -2.63. The van der Waals surface area contributed by atoms with Gasteiger partial charge in [-0.25, -0.2) is 0 Å². The van der Waals surface area contributed by atoms with Crippen LogP contribution in [0.4, 0.5) is 13.2 Å². The predicted molar refractivity (Wildman–Crippen MR) is 140 cm³/mol. The molecule has 1 aliphatic carbocycles. The van der Waals surface area contributed by atoms with Crippen LogP contribution in [0.5, 0.6) is 5.75 Å². The first-order valence-corrected chi connectivity index (χ1v) is 13.5. The Morgan fingerprint density at radius 3 is 2.48 bits per heavy atom. The number of carbonyl (C=O) groups is 1. The zero-order valence-electron chi connectivity index (χ0n) is 22.5. The largest absolute Gasteiger partial charge is 0.573 e. The topological polar surface area (TPSA) is 101 Å². The number of aromatic nitrogens is 2. The minimum Gasteiger partial charge on any atom is -0.406 e. The maximum Gasteiger partial charge on any atom is 0.573 e. The van der Waals surface area contributed by atoms with Crippen LogP contribution in [-0.4, -0.2) is 59.1 Å². The molecule has 3 aromatic rings. The van der Waals surface area contributed by atoms with Gasteiger partial charge in [0.25, 0.3) is 17.6 Å². The van der Waals surface area contributed by atoms with Gasteiger partial charge >= 0.3 is 6.36 Å². The average Bonchev–Trinajstić information content (AvgIpc) is 3.41. The molecule has 5 rings (SSSR count). The molecular formula is C29H33F3N4O4. The van der Waals surface area contributed by atoms with Gasteiger partial charge in [0.2, 0.25) is 0 Å². The summed E-state index contributed by atoms with van der Waals surface area (Å²) in [6.07, 6.45) is 0.971. The fourth-order valence-corrected chi connectivity index (χ4v) is 6.15. The Balaban J connectivity index is 1.40. The van der Waals surface area contributed by atoms with E-state index in [2.05, 4.69) is 20.2 Å². The average molecular weight is 559 g/mol. The number of alkyl halides is 3. The van der Waals surface area contributed by atoms with E-state index in [4.69, 9.17) is 4.52 Å². The number of benzene rings is 2. The monoisotopic (exact) mass is 558 g/mol. The van der Waals surface area contributed by atoms with Crippen molar-refractivity contribution >= 4 is 5.91 Å². The van der Waals surface area contributed by atoms with E-state index in [1.165, 1.54) is 43.5 Å². The van der Waals surface area contributed by atoms with Gasteiger partial charge in [0.15, 0.2) is 0 Å². The predicted octanol–water partition coefficient (Wildman–Crippen LogP) is 5.13. The van der Waals surface area contributed by atoms with Crippen molar-refractivity contribution in [1.82, 2.24) is 20.4 Å². The summed E-state index contributed by atoms with van der Waals surface area (Å²) in [6.45, 7) is 3.62. The minimum atomic E-state index is -4.81. The normalized spacial score (nSPS) is 19.4. The third-order valence-electron chi connectivity index (χ3n) is 8.05. The van der Waals surface area contributed by atoms with Gasteiger partial charge in [-0.15, -0.1) is 13.2 Å². The van der Waals surface area contributed by atoms with E-state index >= 15 is 0 Å². The lowest BCUT2D eigenvalue weighted by Gasteiger charge is -2.56. The molecule has 1 atom stereocenters. The van der Waals surface area contributed by atoms with Crippen molar-refractivity contribution in [3.63, 3.8) is 0 Å². The number of aliphatic hydroxyl groups is 1. The van der Waals surface area contributed by atoms with E-state index in [0.717, 1.165) is 12.8 Å². The number of nitrogens with zero attached hydrogens (tertiary/aromatic N) is 3. The fraction of sp³-hybridized carbons (Fsp3) is 0.483. The zero-order chi connectivity index (χ0) is 28.5. The highest BCUT2D eigenvalue weighted by atomic mass is 19.4. The van der Waals surface area contributed by atoms with Gasteiger partial charge in [0.1, 0.15) is 11.4 Å². The van der Waals surface area contributed by atoms with Crippen molar-refractivity contribution < 1.29 is 32.3 Å². The molecule has 0 spiro atoms. The Hall–Kier alpha value is -3.44.